The largest absolute Gasteiger partial charge is 0.508 e. The molecule has 2 amide bonds. The molecule has 1 saturated heterocycles. The van der Waals surface area contributed by atoms with Crippen LogP contribution in [-0.4, -0.2) is 47.5 Å². The van der Waals surface area contributed by atoms with Gasteiger partial charge >= 0.3 is 0 Å². The number of benzene rings is 1. The molecule has 6 nitrogen and oxygen atoms in total. The number of primary amides is 1. The van der Waals surface area contributed by atoms with Crippen LogP contribution in [0.3, 0.4) is 0 Å². The Balaban J connectivity index is 2.31. The summed E-state index contributed by atoms with van der Waals surface area (Å²) in [6.07, 6.45) is 0. The van der Waals surface area contributed by atoms with Crippen molar-refractivity contribution in [2.75, 3.05) is 19.6 Å². The van der Waals surface area contributed by atoms with E-state index >= 15 is 0 Å². The number of piperazine rings is 1. The van der Waals surface area contributed by atoms with Crippen LogP contribution in [0.5, 0.6) is 5.75 Å². The summed E-state index contributed by atoms with van der Waals surface area (Å²) in [4.78, 5) is 25.1. The molecular weight excluding hydrogens is 270 g/mol. The Bertz CT molecular complexity index is 521. The van der Waals surface area contributed by atoms with Crippen LogP contribution in [0.15, 0.2) is 18.2 Å². The van der Waals surface area contributed by atoms with Crippen LogP contribution < -0.4 is 11.1 Å². The molecule has 0 saturated carbocycles. The second-order valence-corrected chi connectivity index (χ2v) is 4.69. The Kier molecular flexibility index (Phi) is 3.92. The van der Waals surface area contributed by atoms with Gasteiger partial charge in [0.2, 0.25) is 5.91 Å². The van der Waals surface area contributed by atoms with Crippen LogP contribution in [0, 0.1) is 0 Å². The molecule has 0 aromatic heterocycles. The highest BCUT2D eigenvalue weighted by atomic mass is 35.5. The van der Waals surface area contributed by atoms with E-state index in [-0.39, 0.29) is 16.3 Å². The number of hydrogen-bond acceptors (Lipinski definition) is 4. The van der Waals surface area contributed by atoms with Crippen molar-refractivity contribution in [2.24, 2.45) is 5.73 Å². The topological polar surface area (TPSA) is 95.7 Å². The van der Waals surface area contributed by atoms with E-state index in [0.29, 0.717) is 19.6 Å². The second-order valence-electron chi connectivity index (χ2n) is 4.28. The maximum absolute atomic E-state index is 12.4. The Labute approximate surface area is 115 Å². The van der Waals surface area contributed by atoms with Gasteiger partial charge in [-0.3, -0.25) is 9.59 Å². The fourth-order valence-corrected chi connectivity index (χ4v) is 2.23. The average molecular weight is 284 g/mol. The molecule has 7 heteroatoms. The van der Waals surface area contributed by atoms with E-state index in [1.807, 2.05) is 0 Å². The van der Waals surface area contributed by atoms with E-state index in [1.54, 1.807) is 0 Å². The summed E-state index contributed by atoms with van der Waals surface area (Å²) in [5.41, 5.74) is 5.45. The van der Waals surface area contributed by atoms with Gasteiger partial charge < -0.3 is 21.1 Å². The molecule has 4 N–H and O–H groups in total. The van der Waals surface area contributed by atoms with Gasteiger partial charge in [-0.25, -0.2) is 0 Å². The van der Waals surface area contributed by atoms with E-state index < -0.39 is 17.9 Å². The lowest BCUT2D eigenvalue weighted by Crippen LogP contribution is -2.58. The van der Waals surface area contributed by atoms with Crippen molar-refractivity contribution in [1.29, 1.82) is 0 Å². The number of aromatic hydroxyl groups is 1. The molecule has 0 aliphatic carbocycles. The predicted octanol–water partition coefficient (Wildman–Crippen LogP) is -0.0551. The number of carbonyl (C=O) groups is 2. The first-order valence-corrected chi connectivity index (χ1v) is 6.18. The number of amides is 2. The average Bonchev–Trinajstić information content (AvgIpc) is 2.40. The SMILES string of the molecule is NC(=O)C1CNCCN1C(=O)c1cc(O)ccc1Cl. The number of halogens is 1. The van der Waals surface area contributed by atoms with E-state index in [2.05, 4.69) is 5.32 Å². The van der Waals surface area contributed by atoms with Crippen LogP contribution >= 0.6 is 11.6 Å². The van der Waals surface area contributed by atoms with Crippen LogP contribution in [0.2, 0.25) is 5.02 Å². The third kappa shape index (κ3) is 2.80. The maximum atomic E-state index is 12.4. The molecule has 1 aliphatic heterocycles. The van der Waals surface area contributed by atoms with Gasteiger partial charge in [-0.05, 0) is 18.2 Å². The first kappa shape index (κ1) is 13.6. The van der Waals surface area contributed by atoms with E-state index in [1.165, 1.54) is 23.1 Å². The minimum absolute atomic E-state index is 0.0569. The molecule has 0 bridgehead atoms. The lowest BCUT2D eigenvalue weighted by Gasteiger charge is -2.34. The van der Waals surface area contributed by atoms with Gasteiger partial charge in [0.05, 0.1) is 10.6 Å². The standard InChI is InChI=1S/C12H14ClN3O3/c13-9-2-1-7(17)5-8(9)12(19)16-4-3-15-6-10(16)11(14)18/h1-2,5,10,15,17H,3-4,6H2,(H2,14,18). The number of nitrogens with zero attached hydrogens (tertiary/aromatic N) is 1. The molecule has 1 fully saturated rings. The summed E-state index contributed by atoms with van der Waals surface area (Å²) in [6, 6.07) is 3.40. The summed E-state index contributed by atoms with van der Waals surface area (Å²) in [5, 5.41) is 12.7. The van der Waals surface area contributed by atoms with Crippen molar-refractivity contribution in [1.82, 2.24) is 10.2 Å². The number of nitrogens with two attached hydrogens (primary N) is 1. The quantitative estimate of drug-likeness (QED) is 0.709. The smallest absolute Gasteiger partial charge is 0.256 e. The van der Waals surface area contributed by atoms with E-state index in [4.69, 9.17) is 17.3 Å². The molecule has 2 rings (SSSR count). The van der Waals surface area contributed by atoms with Crippen LogP contribution in [-0.2, 0) is 4.79 Å². The zero-order valence-electron chi connectivity index (χ0n) is 10.1. The van der Waals surface area contributed by atoms with Crippen LogP contribution in [0.4, 0.5) is 0 Å². The summed E-state index contributed by atoms with van der Waals surface area (Å²) >= 11 is 5.95. The van der Waals surface area contributed by atoms with Crippen LogP contribution in [0.1, 0.15) is 10.4 Å². The normalized spacial score (nSPS) is 19.2. The second kappa shape index (κ2) is 5.46. The van der Waals surface area contributed by atoms with Gasteiger partial charge in [-0.1, -0.05) is 11.6 Å². The summed E-state index contributed by atoms with van der Waals surface area (Å²) < 4.78 is 0. The molecule has 0 radical (unpaired) electrons. The molecule has 102 valence electrons. The van der Waals surface area contributed by atoms with Crippen LogP contribution in [0.25, 0.3) is 0 Å². The van der Waals surface area contributed by atoms with Crippen molar-refractivity contribution >= 4 is 23.4 Å². The molecular formula is C12H14ClN3O3. The fraction of sp³-hybridized carbons (Fsp3) is 0.333. The predicted molar refractivity (Wildman–Crippen MR) is 70.0 cm³/mol. The first-order chi connectivity index (χ1) is 9.00. The summed E-state index contributed by atoms with van der Waals surface area (Å²) in [6.45, 7) is 1.25. The molecule has 1 aromatic rings. The highest BCUT2D eigenvalue weighted by molar-refractivity contribution is 6.34. The Morgan fingerprint density at radius 3 is 2.89 bits per heavy atom. The van der Waals surface area contributed by atoms with Gasteiger partial charge in [0.1, 0.15) is 11.8 Å². The Morgan fingerprint density at radius 1 is 1.47 bits per heavy atom. The minimum atomic E-state index is -0.709. The maximum Gasteiger partial charge on any atom is 0.256 e. The number of nitrogens with one attached hydrogen (secondary N) is 1. The van der Waals surface area contributed by atoms with Crippen molar-refractivity contribution in [3.8, 4) is 5.75 Å². The van der Waals surface area contributed by atoms with E-state index in [0.717, 1.165) is 0 Å². The fourth-order valence-electron chi connectivity index (χ4n) is 2.03. The zero-order valence-corrected chi connectivity index (χ0v) is 10.9. The summed E-state index contributed by atoms with van der Waals surface area (Å²) in [5.74, 6) is -1.04. The monoisotopic (exact) mass is 283 g/mol. The number of phenols is 1. The van der Waals surface area contributed by atoms with Crippen molar-refractivity contribution in [3.63, 3.8) is 0 Å². The highest BCUT2D eigenvalue weighted by Crippen LogP contribution is 2.23. The molecule has 19 heavy (non-hydrogen) atoms. The highest BCUT2D eigenvalue weighted by Gasteiger charge is 2.32. The third-order valence-corrected chi connectivity index (χ3v) is 3.34. The summed E-state index contributed by atoms with van der Waals surface area (Å²) in [7, 11) is 0. The van der Waals surface area contributed by atoms with Gasteiger partial charge in [0.25, 0.3) is 5.91 Å². The van der Waals surface area contributed by atoms with Crippen molar-refractivity contribution < 1.29 is 14.7 Å². The van der Waals surface area contributed by atoms with E-state index in [9.17, 15) is 14.7 Å². The Hall–Kier alpha value is -1.79. The molecule has 1 atom stereocenters. The third-order valence-electron chi connectivity index (χ3n) is 3.01. The molecule has 1 aliphatic rings. The number of carbonyl (C=O) groups excluding carboxylic acids is 2. The molecule has 1 unspecified atom stereocenters. The van der Waals surface area contributed by atoms with Crippen molar-refractivity contribution in [2.45, 2.75) is 6.04 Å². The van der Waals surface area contributed by atoms with Gasteiger partial charge in [0, 0.05) is 19.6 Å². The lowest BCUT2D eigenvalue weighted by molar-refractivity contribution is -0.122. The molecule has 1 aromatic carbocycles. The molecule has 1 heterocycles. The number of rotatable bonds is 2. The molecule has 0 spiro atoms. The minimum Gasteiger partial charge on any atom is -0.508 e. The van der Waals surface area contributed by atoms with Crippen molar-refractivity contribution in [3.05, 3.63) is 28.8 Å². The lowest BCUT2D eigenvalue weighted by atomic mass is 10.1. The van der Waals surface area contributed by atoms with Gasteiger partial charge in [-0.15, -0.1) is 0 Å². The zero-order chi connectivity index (χ0) is 14.0. The number of hydrogen-bond donors (Lipinski definition) is 3. The number of phenolic OH excluding ortho intramolecular Hbond substituents is 1. The van der Waals surface area contributed by atoms with Gasteiger partial charge in [0.15, 0.2) is 0 Å². The Morgan fingerprint density at radius 2 is 2.21 bits per heavy atom. The first-order valence-electron chi connectivity index (χ1n) is 5.80. The van der Waals surface area contributed by atoms with Gasteiger partial charge in [-0.2, -0.15) is 0 Å².